The number of carbonyl (C=O) groups is 1. The lowest BCUT2D eigenvalue weighted by molar-refractivity contribution is -0.117. The number of aryl methyl sites for hydroxylation is 1. The molecule has 4 rings (SSSR count). The number of halogens is 1. The number of hydrogen-bond acceptors (Lipinski definition) is 3. The van der Waals surface area contributed by atoms with Gasteiger partial charge in [-0.15, -0.1) is 0 Å². The number of nitrogens with one attached hydrogen (secondary N) is 1. The fraction of sp³-hybridized carbons (Fsp3) is 0.136. The molecule has 1 atom stereocenters. The molecule has 1 aliphatic heterocycles. The third-order valence-electron chi connectivity index (χ3n) is 4.91. The lowest BCUT2D eigenvalue weighted by Gasteiger charge is -2.36. The van der Waals surface area contributed by atoms with Crippen molar-refractivity contribution in [3.05, 3.63) is 90.2 Å². The van der Waals surface area contributed by atoms with E-state index >= 15 is 0 Å². The molecule has 148 valence electrons. The molecule has 0 aromatic heterocycles. The maximum Gasteiger partial charge on any atom is 0.265 e. The average Bonchev–Trinajstić information content (AvgIpc) is 2.74. The molecule has 5 nitrogen and oxygen atoms in total. The fourth-order valence-corrected chi connectivity index (χ4v) is 5.20. The van der Waals surface area contributed by atoms with Crippen LogP contribution in [0.15, 0.2) is 83.8 Å². The first kappa shape index (κ1) is 19.1. The van der Waals surface area contributed by atoms with Gasteiger partial charge in [0.1, 0.15) is 11.9 Å². The zero-order valence-electron chi connectivity index (χ0n) is 15.5. The Morgan fingerprint density at radius 3 is 2.31 bits per heavy atom. The molecule has 1 aliphatic rings. The number of para-hydroxylation sites is 2. The van der Waals surface area contributed by atoms with Crippen LogP contribution >= 0.6 is 0 Å². The standard InChI is InChI=1S/C22H19FN2O3S/c23-17-11-13-19(14-12-17)29(27,28)25-20-9-5-4-6-16(20)10-15-21(25)22(26)24-18-7-2-1-3-8-18/h1-9,11-14,21H,10,15H2,(H,24,26). The lowest BCUT2D eigenvalue weighted by atomic mass is 9.97. The number of amides is 1. The minimum Gasteiger partial charge on any atom is -0.324 e. The first-order valence-corrected chi connectivity index (χ1v) is 10.6. The van der Waals surface area contributed by atoms with E-state index in [1.54, 1.807) is 36.4 Å². The summed E-state index contributed by atoms with van der Waals surface area (Å²) in [5.41, 5.74) is 1.91. The highest BCUT2D eigenvalue weighted by Crippen LogP contribution is 2.35. The van der Waals surface area contributed by atoms with Gasteiger partial charge < -0.3 is 5.32 Å². The third kappa shape index (κ3) is 3.73. The molecule has 1 N–H and O–H groups in total. The van der Waals surface area contributed by atoms with Crippen LogP contribution in [-0.2, 0) is 21.2 Å². The fourth-order valence-electron chi connectivity index (χ4n) is 3.52. The van der Waals surface area contributed by atoms with Gasteiger partial charge in [0.25, 0.3) is 10.0 Å². The summed E-state index contributed by atoms with van der Waals surface area (Å²) in [6.07, 6.45) is 0.925. The molecule has 0 aliphatic carbocycles. The van der Waals surface area contributed by atoms with Crippen LogP contribution in [0.1, 0.15) is 12.0 Å². The maximum absolute atomic E-state index is 13.5. The molecule has 0 fully saturated rings. The lowest BCUT2D eigenvalue weighted by Crippen LogP contribution is -2.50. The molecule has 1 heterocycles. The zero-order valence-corrected chi connectivity index (χ0v) is 16.3. The molecule has 0 bridgehead atoms. The normalized spacial score (nSPS) is 16.2. The van der Waals surface area contributed by atoms with Crippen molar-refractivity contribution in [3.8, 4) is 0 Å². The second-order valence-corrected chi connectivity index (χ2v) is 8.61. The van der Waals surface area contributed by atoms with Crippen LogP contribution < -0.4 is 9.62 Å². The minimum absolute atomic E-state index is 0.0619. The molecular formula is C22H19FN2O3S. The zero-order chi connectivity index (χ0) is 20.4. The number of sulfonamides is 1. The molecule has 0 spiro atoms. The van der Waals surface area contributed by atoms with Crippen LogP contribution in [0, 0.1) is 5.82 Å². The Balaban J connectivity index is 1.76. The van der Waals surface area contributed by atoms with E-state index in [0.717, 1.165) is 22.0 Å². The van der Waals surface area contributed by atoms with E-state index < -0.39 is 27.8 Å². The molecule has 3 aromatic carbocycles. The highest BCUT2D eigenvalue weighted by molar-refractivity contribution is 7.93. The smallest absolute Gasteiger partial charge is 0.265 e. The maximum atomic E-state index is 13.5. The summed E-state index contributed by atoms with van der Waals surface area (Å²) in [4.78, 5) is 13.0. The first-order chi connectivity index (χ1) is 14.0. The summed E-state index contributed by atoms with van der Waals surface area (Å²) in [5.74, 6) is -0.933. The summed E-state index contributed by atoms with van der Waals surface area (Å²) in [7, 11) is -4.07. The Labute approximate surface area is 168 Å². The predicted octanol–water partition coefficient (Wildman–Crippen LogP) is 3.97. The van der Waals surface area contributed by atoms with E-state index in [0.29, 0.717) is 24.2 Å². The predicted molar refractivity (Wildman–Crippen MR) is 110 cm³/mol. The highest BCUT2D eigenvalue weighted by Gasteiger charge is 2.39. The van der Waals surface area contributed by atoms with Crippen LogP contribution in [0.4, 0.5) is 15.8 Å². The van der Waals surface area contributed by atoms with Gasteiger partial charge >= 0.3 is 0 Å². The number of benzene rings is 3. The summed E-state index contributed by atoms with van der Waals surface area (Å²) < 4.78 is 41.4. The van der Waals surface area contributed by atoms with Crippen LogP contribution in [0.5, 0.6) is 0 Å². The number of hydrogen-bond donors (Lipinski definition) is 1. The second kappa shape index (κ2) is 7.67. The molecule has 1 unspecified atom stereocenters. The second-order valence-electron chi connectivity index (χ2n) is 6.79. The van der Waals surface area contributed by atoms with Gasteiger partial charge in [-0.05, 0) is 60.9 Å². The van der Waals surface area contributed by atoms with Gasteiger partial charge in [0.05, 0.1) is 10.6 Å². The van der Waals surface area contributed by atoms with Gasteiger partial charge in [-0.1, -0.05) is 36.4 Å². The van der Waals surface area contributed by atoms with Gasteiger partial charge in [-0.2, -0.15) is 0 Å². The van der Waals surface area contributed by atoms with Gasteiger partial charge in [-0.3, -0.25) is 9.10 Å². The molecule has 0 radical (unpaired) electrons. The SMILES string of the molecule is O=C(Nc1ccccc1)C1CCc2ccccc2N1S(=O)(=O)c1ccc(F)cc1. The molecule has 7 heteroatoms. The van der Waals surface area contributed by atoms with Gasteiger partial charge in [0.15, 0.2) is 0 Å². The van der Waals surface area contributed by atoms with E-state index in [1.807, 2.05) is 18.2 Å². The largest absolute Gasteiger partial charge is 0.324 e. The quantitative estimate of drug-likeness (QED) is 0.708. The van der Waals surface area contributed by atoms with E-state index in [-0.39, 0.29) is 4.90 Å². The Hall–Kier alpha value is -3.19. The van der Waals surface area contributed by atoms with Crippen molar-refractivity contribution in [2.24, 2.45) is 0 Å². The van der Waals surface area contributed by atoms with Crippen molar-refractivity contribution in [1.82, 2.24) is 0 Å². The summed E-state index contributed by atoms with van der Waals surface area (Å²) in [6, 6.07) is 19.7. The van der Waals surface area contributed by atoms with E-state index in [4.69, 9.17) is 0 Å². The molecule has 3 aromatic rings. The number of nitrogens with zero attached hydrogens (tertiary/aromatic N) is 1. The van der Waals surface area contributed by atoms with Gasteiger partial charge in [0, 0.05) is 5.69 Å². The third-order valence-corrected chi connectivity index (χ3v) is 6.75. The molecule has 0 saturated heterocycles. The topological polar surface area (TPSA) is 66.5 Å². The van der Waals surface area contributed by atoms with Crippen molar-refractivity contribution in [2.75, 3.05) is 9.62 Å². The Kier molecular flexibility index (Phi) is 5.07. The van der Waals surface area contributed by atoms with Crippen molar-refractivity contribution in [2.45, 2.75) is 23.8 Å². The van der Waals surface area contributed by atoms with Gasteiger partial charge in [0.2, 0.25) is 5.91 Å². The molecule has 29 heavy (non-hydrogen) atoms. The summed E-state index contributed by atoms with van der Waals surface area (Å²) >= 11 is 0. The monoisotopic (exact) mass is 410 g/mol. The molecule has 0 saturated carbocycles. The van der Waals surface area contributed by atoms with Crippen molar-refractivity contribution < 1.29 is 17.6 Å². The Bertz CT molecular complexity index is 1130. The van der Waals surface area contributed by atoms with E-state index in [9.17, 15) is 17.6 Å². The minimum atomic E-state index is -4.07. The molecule has 1 amide bonds. The van der Waals surface area contributed by atoms with Crippen molar-refractivity contribution >= 4 is 27.3 Å². The Morgan fingerprint density at radius 2 is 1.59 bits per heavy atom. The van der Waals surface area contributed by atoms with Crippen LogP contribution in [0.25, 0.3) is 0 Å². The van der Waals surface area contributed by atoms with Crippen LogP contribution in [-0.4, -0.2) is 20.4 Å². The first-order valence-electron chi connectivity index (χ1n) is 9.20. The average molecular weight is 410 g/mol. The number of anilines is 2. The summed E-state index contributed by atoms with van der Waals surface area (Å²) in [6.45, 7) is 0. The van der Waals surface area contributed by atoms with E-state index in [1.165, 1.54) is 12.1 Å². The van der Waals surface area contributed by atoms with Crippen LogP contribution in [0.2, 0.25) is 0 Å². The van der Waals surface area contributed by atoms with Crippen LogP contribution in [0.3, 0.4) is 0 Å². The van der Waals surface area contributed by atoms with Gasteiger partial charge in [-0.25, -0.2) is 12.8 Å². The highest BCUT2D eigenvalue weighted by atomic mass is 32.2. The number of rotatable bonds is 4. The number of fused-ring (bicyclic) bond motifs is 1. The van der Waals surface area contributed by atoms with Crippen molar-refractivity contribution in [3.63, 3.8) is 0 Å². The van der Waals surface area contributed by atoms with Crippen molar-refractivity contribution in [1.29, 1.82) is 0 Å². The number of carbonyl (C=O) groups excluding carboxylic acids is 1. The Morgan fingerprint density at radius 1 is 0.931 bits per heavy atom. The molecular weight excluding hydrogens is 391 g/mol. The summed E-state index contributed by atoms with van der Waals surface area (Å²) in [5, 5.41) is 2.80. The van der Waals surface area contributed by atoms with E-state index in [2.05, 4.69) is 5.32 Å².